The second-order valence-corrected chi connectivity index (χ2v) is 3.31. The van der Waals surface area contributed by atoms with Crippen molar-refractivity contribution >= 4 is 0 Å². The molecule has 6 heteroatoms. The molecule has 0 radical (unpaired) electrons. The first kappa shape index (κ1) is 10.7. The van der Waals surface area contributed by atoms with Crippen molar-refractivity contribution < 1.29 is 18.3 Å². The number of hydrogen-bond donors (Lipinski definition) is 2. The van der Waals surface area contributed by atoms with Gasteiger partial charge >= 0.3 is 6.18 Å². The highest BCUT2D eigenvalue weighted by atomic mass is 19.4. The molecule has 1 rings (SSSR count). The van der Waals surface area contributed by atoms with Crippen molar-refractivity contribution in [3.8, 4) is 0 Å². The van der Waals surface area contributed by atoms with Gasteiger partial charge < -0.3 is 10.8 Å². The van der Waals surface area contributed by atoms with Crippen LogP contribution in [0.4, 0.5) is 13.2 Å². The van der Waals surface area contributed by atoms with Crippen LogP contribution >= 0.6 is 0 Å². The minimum absolute atomic E-state index is 0.258. The van der Waals surface area contributed by atoms with E-state index in [1.807, 2.05) is 0 Å². The number of alkyl halides is 3. The maximum Gasteiger partial charge on any atom is 0.401 e. The fourth-order valence-corrected chi connectivity index (χ4v) is 1.49. The van der Waals surface area contributed by atoms with Gasteiger partial charge in [-0.2, -0.15) is 13.2 Å². The van der Waals surface area contributed by atoms with Gasteiger partial charge in [0.25, 0.3) is 0 Å². The van der Waals surface area contributed by atoms with Crippen molar-refractivity contribution in [2.45, 2.75) is 31.3 Å². The lowest BCUT2D eigenvalue weighted by Crippen LogP contribution is -2.54. The minimum atomic E-state index is -4.27. The SMILES string of the molecule is NC1CCCN(CC(F)(F)F)C1O. The molecule has 1 fully saturated rings. The Balaban J connectivity index is 2.49. The van der Waals surface area contributed by atoms with Crippen LogP contribution in [0.5, 0.6) is 0 Å². The van der Waals surface area contributed by atoms with Crippen LogP contribution in [0.2, 0.25) is 0 Å². The first-order chi connectivity index (χ1) is 5.90. The monoisotopic (exact) mass is 198 g/mol. The molecule has 13 heavy (non-hydrogen) atoms. The molecule has 0 saturated carbocycles. The highest BCUT2D eigenvalue weighted by molar-refractivity contribution is 4.80. The summed E-state index contributed by atoms with van der Waals surface area (Å²) in [5, 5.41) is 9.30. The number of rotatable bonds is 1. The molecule has 2 atom stereocenters. The zero-order valence-corrected chi connectivity index (χ0v) is 7.09. The van der Waals surface area contributed by atoms with E-state index in [1.165, 1.54) is 0 Å². The molecule has 0 aliphatic carbocycles. The Morgan fingerprint density at radius 3 is 2.62 bits per heavy atom. The summed E-state index contributed by atoms with van der Waals surface area (Å²) in [7, 11) is 0. The number of aliphatic hydroxyl groups is 1. The summed E-state index contributed by atoms with van der Waals surface area (Å²) in [6.45, 7) is -0.823. The van der Waals surface area contributed by atoms with Crippen LogP contribution in [0.25, 0.3) is 0 Å². The number of piperidine rings is 1. The van der Waals surface area contributed by atoms with Crippen LogP contribution in [0.1, 0.15) is 12.8 Å². The van der Waals surface area contributed by atoms with Gasteiger partial charge in [0.1, 0.15) is 6.23 Å². The first-order valence-electron chi connectivity index (χ1n) is 4.14. The van der Waals surface area contributed by atoms with E-state index in [0.717, 1.165) is 4.90 Å². The molecular formula is C7H13F3N2O. The zero-order chi connectivity index (χ0) is 10.1. The molecule has 3 nitrogen and oxygen atoms in total. The first-order valence-corrected chi connectivity index (χ1v) is 4.14. The van der Waals surface area contributed by atoms with Gasteiger partial charge in [-0.25, -0.2) is 0 Å². The average Bonchev–Trinajstić information content (AvgIpc) is 1.96. The number of hydrogen-bond acceptors (Lipinski definition) is 3. The molecule has 1 saturated heterocycles. The molecule has 0 aromatic carbocycles. The third-order valence-electron chi connectivity index (χ3n) is 2.12. The number of aliphatic hydroxyl groups excluding tert-OH is 1. The van der Waals surface area contributed by atoms with Crippen LogP contribution in [0.15, 0.2) is 0 Å². The molecule has 0 aromatic rings. The van der Waals surface area contributed by atoms with E-state index in [1.54, 1.807) is 0 Å². The number of nitrogens with zero attached hydrogens (tertiary/aromatic N) is 1. The largest absolute Gasteiger partial charge is 0.401 e. The Hall–Kier alpha value is -0.330. The van der Waals surface area contributed by atoms with E-state index < -0.39 is 25.0 Å². The van der Waals surface area contributed by atoms with E-state index in [4.69, 9.17) is 5.73 Å². The molecule has 0 amide bonds. The van der Waals surface area contributed by atoms with Crippen molar-refractivity contribution in [2.24, 2.45) is 5.73 Å². The summed E-state index contributed by atoms with van der Waals surface area (Å²) >= 11 is 0. The summed E-state index contributed by atoms with van der Waals surface area (Å²) in [5.74, 6) is 0. The van der Waals surface area contributed by atoms with Gasteiger partial charge in [-0.05, 0) is 12.8 Å². The lowest BCUT2D eigenvalue weighted by atomic mass is 10.0. The van der Waals surface area contributed by atoms with Gasteiger partial charge in [-0.15, -0.1) is 0 Å². The van der Waals surface area contributed by atoms with Gasteiger partial charge in [0.05, 0.1) is 6.54 Å². The van der Waals surface area contributed by atoms with Crippen LogP contribution in [0, 0.1) is 0 Å². The quantitative estimate of drug-likeness (QED) is 0.636. The highest BCUT2D eigenvalue weighted by Crippen LogP contribution is 2.21. The molecule has 1 aliphatic rings. The van der Waals surface area contributed by atoms with Gasteiger partial charge in [0.2, 0.25) is 0 Å². The number of nitrogens with two attached hydrogens (primary N) is 1. The van der Waals surface area contributed by atoms with Crippen molar-refractivity contribution in [3.05, 3.63) is 0 Å². The average molecular weight is 198 g/mol. The van der Waals surface area contributed by atoms with Gasteiger partial charge in [0.15, 0.2) is 0 Å². The second-order valence-electron chi connectivity index (χ2n) is 3.31. The van der Waals surface area contributed by atoms with Crippen molar-refractivity contribution in [3.63, 3.8) is 0 Å². The van der Waals surface area contributed by atoms with E-state index >= 15 is 0 Å². The normalized spacial score (nSPS) is 32.1. The van der Waals surface area contributed by atoms with Crippen molar-refractivity contribution in [1.29, 1.82) is 0 Å². The van der Waals surface area contributed by atoms with Crippen LogP contribution in [-0.4, -0.2) is 41.5 Å². The smallest absolute Gasteiger partial charge is 0.377 e. The van der Waals surface area contributed by atoms with E-state index in [-0.39, 0.29) is 6.54 Å². The molecular weight excluding hydrogens is 185 g/mol. The number of halogens is 3. The lowest BCUT2D eigenvalue weighted by Gasteiger charge is -2.36. The third kappa shape index (κ3) is 3.13. The standard InChI is InChI=1S/C7H13F3N2O/c8-7(9,10)4-12-3-1-2-5(11)6(12)13/h5-6,13H,1-4,11H2. The van der Waals surface area contributed by atoms with E-state index in [0.29, 0.717) is 12.8 Å². The fraction of sp³-hybridized carbons (Fsp3) is 1.00. The predicted molar refractivity (Wildman–Crippen MR) is 40.8 cm³/mol. The molecule has 0 bridgehead atoms. The second kappa shape index (κ2) is 3.81. The van der Waals surface area contributed by atoms with Crippen molar-refractivity contribution in [2.75, 3.05) is 13.1 Å². The van der Waals surface area contributed by atoms with E-state index in [2.05, 4.69) is 0 Å². The molecule has 0 aromatic heterocycles. The van der Waals surface area contributed by atoms with Crippen molar-refractivity contribution in [1.82, 2.24) is 4.90 Å². The van der Waals surface area contributed by atoms with E-state index in [9.17, 15) is 18.3 Å². The lowest BCUT2D eigenvalue weighted by molar-refractivity contribution is -0.173. The Labute approximate surface area is 74.3 Å². The Kier molecular flexibility index (Phi) is 3.15. The maximum absolute atomic E-state index is 11.9. The van der Waals surface area contributed by atoms with Crippen LogP contribution in [-0.2, 0) is 0 Å². The molecule has 2 unspecified atom stereocenters. The van der Waals surface area contributed by atoms with Gasteiger partial charge in [0, 0.05) is 12.6 Å². The van der Waals surface area contributed by atoms with Gasteiger partial charge in [-0.1, -0.05) is 0 Å². The topological polar surface area (TPSA) is 49.5 Å². The molecule has 1 aliphatic heterocycles. The van der Waals surface area contributed by atoms with Crippen LogP contribution < -0.4 is 5.73 Å². The third-order valence-corrected chi connectivity index (χ3v) is 2.12. The summed E-state index contributed by atoms with van der Waals surface area (Å²) in [6.07, 6.45) is -4.24. The molecule has 1 heterocycles. The zero-order valence-electron chi connectivity index (χ0n) is 7.09. The summed E-state index contributed by atoms with van der Waals surface area (Å²) < 4.78 is 35.8. The predicted octanol–water partition coefficient (Wildman–Crippen LogP) is 0.290. The Morgan fingerprint density at radius 1 is 1.46 bits per heavy atom. The molecule has 0 spiro atoms. The molecule has 78 valence electrons. The Morgan fingerprint density at radius 2 is 2.08 bits per heavy atom. The van der Waals surface area contributed by atoms with Crippen LogP contribution in [0.3, 0.4) is 0 Å². The van der Waals surface area contributed by atoms with Gasteiger partial charge in [-0.3, -0.25) is 4.90 Å². The number of likely N-dealkylation sites (tertiary alicyclic amines) is 1. The fourth-order valence-electron chi connectivity index (χ4n) is 1.49. The maximum atomic E-state index is 11.9. The highest BCUT2D eigenvalue weighted by Gasteiger charge is 2.36. The molecule has 3 N–H and O–H groups in total. The summed E-state index contributed by atoms with van der Waals surface area (Å²) in [5.41, 5.74) is 5.43. The Bertz CT molecular complexity index is 174. The summed E-state index contributed by atoms with van der Waals surface area (Å²) in [6, 6.07) is -0.559. The summed E-state index contributed by atoms with van der Waals surface area (Å²) in [4.78, 5) is 0.966. The minimum Gasteiger partial charge on any atom is -0.377 e.